The van der Waals surface area contributed by atoms with E-state index < -0.39 is 59.1 Å². The van der Waals surface area contributed by atoms with Crippen molar-refractivity contribution in [3.63, 3.8) is 0 Å². The molecule has 3 rings (SSSR count). The molecule has 1 unspecified atom stereocenters. The largest absolute Gasteiger partial charge is 0.464 e. The van der Waals surface area contributed by atoms with Gasteiger partial charge in [0.25, 0.3) is 0 Å². The molecule has 0 radical (unpaired) electrons. The van der Waals surface area contributed by atoms with E-state index in [4.69, 9.17) is 5.73 Å². The highest BCUT2D eigenvalue weighted by atomic mass is 19.4. The predicted octanol–water partition coefficient (Wildman–Crippen LogP) is 2.97. The number of esters is 1. The van der Waals surface area contributed by atoms with Gasteiger partial charge in [0.2, 0.25) is 11.7 Å². The molecular weight excluding hydrogens is 458 g/mol. The van der Waals surface area contributed by atoms with Crippen LogP contribution in [-0.2, 0) is 28.7 Å². The molecule has 13 heteroatoms. The van der Waals surface area contributed by atoms with Gasteiger partial charge in [0.1, 0.15) is 5.82 Å². The van der Waals surface area contributed by atoms with E-state index in [2.05, 4.69) is 9.72 Å². The maximum atomic E-state index is 13.9. The molecule has 0 saturated heterocycles. The highest BCUT2D eigenvalue weighted by molar-refractivity contribution is 5.89. The first kappa shape index (κ1) is 24.6. The molecular formula is C20H20F6N4O3. The Morgan fingerprint density at radius 1 is 1.18 bits per heavy atom. The van der Waals surface area contributed by atoms with Crippen molar-refractivity contribution in [2.24, 2.45) is 5.73 Å². The number of amides is 1. The third-order valence-electron chi connectivity index (χ3n) is 5.40. The molecule has 7 nitrogen and oxygen atoms in total. The second-order valence-corrected chi connectivity index (χ2v) is 7.60. The number of halogens is 6. The van der Waals surface area contributed by atoms with Crippen molar-refractivity contribution in [2.45, 2.75) is 44.6 Å². The fourth-order valence-electron chi connectivity index (χ4n) is 3.88. The van der Waals surface area contributed by atoms with Crippen LogP contribution in [0, 0.1) is 17.5 Å². The Hall–Kier alpha value is -3.09. The van der Waals surface area contributed by atoms with E-state index >= 15 is 0 Å². The van der Waals surface area contributed by atoms with Crippen molar-refractivity contribution < 1.29 is 40.7 Å². The van der Waals surface area contributed by atoms with E-state index in [1.54, 1.807) is 0 Å². The number of fused-ring (bicyclic) bond motifs is 1. The Labute approximate surface area is 184 Å². The molecule has 1 amide bonds. The minimum absolute atomic E-state index is 0.126. The average molecular weight is 478 g/mol. The quantitative estimate of drug-likeness (QED) is 0.406. The van der Waals surface area contributed by atoms with Crippen LogP contribution < -0.4 is 5.73 Å². The van der Waals surface area contributed by atoms with Crippen LogP contribution in [0.4, 0.5) is 26.3 Å². The number of carbonyl (C=O) groups excluding carboxylic acids is 2. The zero-order valence-corrected chi connectivity index (χ0v) is 17.5. The molecule has 1 aliphatic rings. The number of aromatic nitrogens is 2. The standard InChI is InChI=1S/C20H20F6N4O3/c1-9-17-16(18(32)33-2)28-19(20(24,25)26)30(17)4-3-29(9)15(31)7-11(27)5-10-6-13(22)14(23)8-12(10)21/h6,8-9,11H,3-5,7,27H2,1-2H3/t9?,11-/m1/s1. The molecule has 0 fully saturated rings. The summed E-state index contributed by atoms with van der Waals surface area (Å²) in [7, 11) is 0.994. The Kier molecular flexibility index (Phi) is 6.73. The van der Waals surface area contributed by atoms with E-state index in [1.165, 1.54) is 11.8 Å². The fraction of sp³-hybridized carbons (Fsp3) is 0.450. The Bertz CT molecular complexity index is 1080. The van der Waals surface area contributed by atoms with Gasteiger partial charge in [0.15, 0.2) is 17.3 Å². The van der Waals surface area contributed by atoms with Crippen molar-refractivity contribution in [1.82, 2.24) is 14.5 Å². The molecule has 0 saturated carbocycles. The van der Waals surface area contributed by atoms with Gasteiger partial charge in [-0.3, -0.25) is 4.79 Å². The SMILES string of the molecule is COC(=O)c1nc(C(F)(F)F)n2c1C(C)N(C(=O)C[C@H](N)Cc1cc(F)c(F)cc1F)CC2. The van der Waals surface area contributed by atoms with Gasteiger partial charge in [-0.25, -0.2) is 22.9 Å². The summed E-state index contributed by atoms with van der Waals surface area (Å²) < 4.78 is 85.9. The maximum Gasteiger partial charge on any atom is 0.449 e. The number of hydrogen-bond acceptors (Lipinski definition) is 5. The Morgan fingerprint density at radius 2 is 1.82 bits per heavy atom. The van der Waals surface area contributed by atoms with E-state index in [-0.39, 0.29) is 37.2 Å². The minimum atomic E-state index is -4.83. The third-order valence-corrected chi connectivity index (χ3v) is 5.40. The average Bonchev–Trinajstić information content (AvgIpc) is 3.12. The zero-order chi connectivity index (χ0) is 24.7. The molecule has 2 heterocycles. The molecule has 1 aromatic carbocycles. The number of alkyl halides is 3. The van der Waals surface area contributed by atoms with E-state index in [9.17, 15) is 35.9 Å². The summed E-state index contributed by atoms with van der Waals surface area (Å²) in [6.45, 7) is 1.02. The van der Waals surface area contributed by atoms with Crippen LogP contribution in [0.2, 0.25) is 0 Å². The van der Waals surface area contributed by atoms with Crippen molar-refractivity contribution in [1.29, 1.82) is 0 Å². The van der Waals surface area contributed by atoms with Crippen LogP contribution in [0.5, 0.6) is 0 Å². The first-order valence-electron chi connectivity index (χ1n) is 9.79. The first-order chi connectivity index (χ1) is 15.3. The number of imidazole rings is 1. The third kappa shape index (κ3) is 4.82. The number of hydrogen-bond donors (Lipinski definition) is 1. The van der Waals surface area contributed by atoms with Crippen molar-refractivity contribution in [2.75, 3.05) is 13.7 Å². The lowest BCUT2D eigenvalue weighted by Gasteiger charge is -2.36. The van der Waals surface area contributed by atoms with Gasteiger partial charge in [-0.15, -0.1) is 0 Å². The lowest BCUT2D eigenvalue weighted by atomic mass is 10.0. The summed E-state index contributed by atoms with van der Waals surface area (Å²) in [6, 6.07) is -0.934. The van der Waals surface area contributed by atoms with Gasteiger partial charge in [-0.2, -0.15) is 13.2 Å². The number of ether oxygens (including phenoxy) is 1. The summed E-state index contributed by atoms with van der Waals surface area (Å²) >= 11 is 0. The summed E-state index contributed by atoms with van der Waals surface area (Å²) in [4.78, 5) is 29.5. The summed E-state index contributed by atoms with van der Waals surface area (Å²) in [5, 5.41) is 0. The summed E-state index contributed by atoms with van der Waals surface area (Å²) in [6.07, 6.45) is -5.46. The van der Waals surface area contributed by atoms with Crippen molar-refractivity contribution in [3.05, 3.63) is 52.4 Å². The van der Waals surface area contributed by atoms with Gasteiger partial charge < -0.3 is 19.9 Å². The van der Waals surface area contributed by atoms with Gasteiger partial charge in [0, 0.05) is 31.6 Å². The topological polar surface area (TPSA) is 90.5 Å². The van der Waals surface area contributed by atoms with E-state index in [0.29, 0.717) is 12.1 Å². The van der Waals surface area contributed by atoms with Gasteiger partial charge >= 0.3 is 12.1 Å². The van der Waals surface area contributed by atoms with Gasteiger partial charge in [0.05, 0.1) is 18.8 Å². The number of rotatable bonds is 5. The van der Waals surface area contributed by atoms with Crippen LogP contribution in [0.1, 0.15) is 47.0 Å². The van der Waals surface area contributed by atoms with E-state index in [1.807, 2.05) is 0 Å². The number of methoxy groups -OCH3 is 1. The molecule has 1 aromatic heterocycles. The van der Waals surface area contributed by atoms with Crippen molar-refractivity contribution >= 4 is 11.9 Å². The minimum Gasteiger partial charge on any atom is -0.464 e. The molecule has 0 spiro atoms. The smallest absolute Gasteiger partial charge is 0.449 e. The molecule has 33 heavy (non-hydrogen) atoms. The fourth-order valence-corrected chi connectivity index (χ4v) is 3.88. The molecule has 2 aromatic rings. The van der Waals surface area contributed by atoms with Crippen LogP contribution in [0.25, 0.3) is 0 Å². The number of nitrogens with zero attached hydrogens (tertiary/aromatic N) is 3. The molecule has 1 aliphatic heterocycles. The summed E-state index contributed by atoms with van der Waals surface area (Å²) in [5.41, 5.74) is 5.00. The van der Waals surface area contributed by atoms with Crippen LogP contribution in [-0.4, -0.2) is 46.0 Å². The second-order valence-electron chi connectivity index (χ2n) is 7.60. The number of benzene rings is 1. The van der Waals surface area contributed by atoms with Crippen LogP contribution in [0.3, 0.4) is 0 Å². The molecule has 2 N–H and O–H groups in total. The van der Waals surface area contributed by atoms with Crippen LogP contribution >= 0.6 is 0 Å². The Morgan fingerprint density at radius 3 is 2.42 bits per heavy atom. The predicted molar refractivity (Wildman–Crippen MR) is 101 cm³/mol. The molecule has 2 atom stereocenters. The Balaban J connectivity index is 1.81. The second kappa shape index (κ2) is 9.04. The molecule has 180 valence electrons. The van der Waals surface area contributed by atoms with E-state index in [0.717, 1.165) is 11.7 Å². The van der Waals surface area contributed by atoms with Crippen LogP contribution in [0.15, 0.2) is 12.1 Å². The number of carbonyl (C=O) groups is 2. The van der Waals surface area contributed by atoms with Gasteiger partial charge in [-0.05, 0) is 25.0 Å². The highest BCUT2D eigenvalue weighted by Gasteiger charge is 2.44. The lowest BCUT2D eigenvalue weighted by molar-refractivity contribution is -0.148. The molecule has 0 bridgehead atoms. The summed E-state index contributed by atoms with van der Waals surface area (Å²) in [5.74, 6) is -6.58. The van der Waals surface area contributed by atoms with Crippen molar-refractivity contribution in [3.8, 4) is 0 Å². The normalized spacial score (nSPS) is 17.0. The first-order valence-corrected chi connectivity index (χ1v) is 9.79. The highest BCUT2D eigenvalue weighted by Crippen LogP contribution is 2.36. The monoisotopic (exact) mass is 478 g/mol. The number of nitrogens with two attached hydrogens (primary N) is 1. The lowest BCUT2D eigenvalue weighted by Crippen LogP contribution is -2.44. The maximum absolute atomic E-state index is 13.9. The molecule has 0 aliphatic carbocycles. The van der Waals surface area contributed by atoms with Gasteiger partial charge in [-0.1, -0.05) is 0 Å². The zero-order valence-electron chi connectivity index (χ0n) is 17.5.